The first-order valence-electron chi connectivity index (χ1n) is 8.95. The molecule has 1 aromatic heterocycles. The lowest BCUT2D eigenvalue weighted by molar-refractivity contribution is -0.385. The van der Waals surface area contributed by atoms with E-state index in [1.54, 1.807) is 12.3 Å². The highest BCUT2D eigenvalue weighted by Gasteiger charge is 2.27. The molecule has 0 atom stereocenters. The van der Waals surface area contributed by atoms with Gasteiger partial charge in [-0.25, -0.2) is 9.79 Å². The zero-order valence-corrected chi connectivity index (χ0v) is 17.9. The number of halogens is 1. The number of hydrogen-bond acceptors (Lipinski definition) is 7. The van der Waals surface area contributed by atoms with E-state index in [0.29, 0.717) is 11.1 Å². The summed E-state index contributed by atoms with van der Waals surface area (Å²) < 4.78 is 12.5. The smallest absolute Gasteiger partial charge is 0.363 e. The first-order chi connectivity index (χ1) is 14.8. The molecule has 2 aromatic carbocycles. The van der Waals surface area contributed by atoms with Crippen molar-refractivity contribution >= 4 is 56.4 Å². The van der Waals surface area contributed by atoms with E-state index in [2.05, 4.69) is 20.9 Å². The summed E-state index contributed by atoms with van der Waals surface area (Å²) in [7, 11) is 1.33. The van der Waals surface area contributed by atoms with Crippen molar-refractivity contribution in [2.75, 3.05) is 7.11 Å². The van der Waals surface area contributed by atoms with Gasteiger partial charge in [0.05, 0.1) is 17.5 Å². The highest BCUT2D eigenvalue weighted by molar-refractivity contribution is 9.10. The molecule has 156 valence electrons. The van der Waals surface area contributed by atoms with Crippen LogP contribution >= 0.6 is 15.9 Å². The summed E-state index contributed by atoms with van der Waals surface area (Å²) in [5, 5.41) is 12.0. The number of aromatic nitrogens is 1. The monoisotopic (exact) mass is 483 g/mol. The van der Waals surface area contributed by atoms with Gasteiger partial charge in [-0.2, -0.15) is 0 Å². The largest absolute Gasteiger partial charge is 0.490 e. The van der Waals surface area contributed by atoms with E-state index in [9.17, 15) is 19.7 Å². The third kappa shape index (κ3) is 3.73. The molecule has 0 saturated heterocycles. The number of cyclic esters (lactones) is 1. The number of nitro benzene ring substituents is 1. The number of aliphatic imine (C=N–C) groups is 1. The van der Waals surface area contributed by atoms with Crippen molar-refractivity contribution < 1.29 is 24.0 Å². The molecule has 2 heterocycles. The molecule has 0 bridgehead atoms. The molecule has 0 unspecified atom stereocenters. The Kier molecular flexibility index (Phi) is 5.15. The summed E-state index contributed by atoms with van der Waals surface area (Å²) in [5.74, 6) is -0.858. The number of hydrogen-bond donors (Lipinski definition) is 0. The lowest BCUT2D eigenvalue weighted by Gasteiger charge is -2.03. The normalized spacial score (nSPS) is 14.6. The molecule has 0 radical (unpaired) electrons. The van der Waals surface area contributed by atoms with Crippen molar-refractivity contribution in [3.8, 4) is 5.75 Å². The molecule has 0 amide bonds. The fraction of sp³-hybridized carbons (Fsp3) is 0.0952. The van der Waals surface area contributed by atoms with Gasteiger partial charge in [0, 0.05) is 40.2 Å². The van der Waals surface area contributed by atoms with Crippen LogP contribution in [0.25, 0.3) is 17.0 Å². The lowest BCUT2D eigenvalue weighted by Crippen LogP contribution is -2.06. The number of nitrogens with zero attached hydrogens (tertiary/aromatic N) is 3. The fourth-order valence-electron chi connectivity index (χ4n) is 3.25. The minimum absolute atomic E-state index is 0.0102. The van der Waals surface area contributed by atoms with Crippen LogP contribution in [0.4, 0.5) is 5.69 Å². The van der Waals surface area contributed by atoms with Crippen molar-refractivity contribution in [3.05, 3.63) is 74.0 Å². The van der Waals surface area contributed by atoms with Crippen LogP contribution in [0.15, 0.2) is 57.8 Å². The summed E-state index contributed by atoms with van der Waals surface area (Å²) in [5.41, 5.74) is 1.29. The lowest BCUT2D eigenvalue weighted by atomic mass is 10.1. The number of carbonyl (C=O) groups excluding carboxylic acids is 2. The number of fused-ring (bicyclic) bond motifs is 1. The van der Waals surface area contributed by atoms with Gasteiger partial charge in [0.2, 0.25) is 11.8 Å². The van der Waals surface area contributed by atoms with Gasteiger partial charge in [0.25, 0.3) is 0 Å². The van der Waals surface area contributed by atoms with Crippen LogP contribution in [0, 0.1) is 10.1 Å². The van der Waals surface area contributed by atoms with Crippen LogP contribution in [-0.4, -0.2) is 34.4 Å². The standard InChI is InChI=1S/C21H14BrN3O6/c1-11(26)24-10-13(15-9-14(22)4-5-17(15)24)7-16-21(27)31-20(23-16)12-3-6-19(30-2)18(8-12)25(28)29/h3-10H,1-2H3. The maximum atomic E-state index is 12.4. The van der Waals surface area contributed by atoms with E-state index in [1.807, 2.05) is 12.1 Å². The van der Waals surface area contributed by atoms with Gasteiger partial charge in [0.15, 0.2) is 11.4 Å². The van der Waals surface area contributed by atoms with Crippen LogP contribution < -0.4 is 4.74 Å². The highest BCUT2D eigenvalue weighted by Crippen LogP contribution is 2.31. The van der Waals surface area contributed by atoms with E-state index < -0.39 is 10.9 Å². The molecule has 0 aliphatic carbocycles. The second-order valence-electron chi connectivity index (χ2n) is 6.61. The van der Waals surface area contributed by atoms with Crippen molar-refractivity contribution in [1.82, 2.24) is 4.57 Å². The number of nitro groups is 1. The first-order valence-corrected chi connectivity index (χ1v) is 9.74. The molecule has 3 aromatic rings. The molecule has 4 rings (SSSR count). The second kappa shape index (κ2) is 7.80. The van der Waals surface area contributed by atoms with Crippen molar-refractivity contribution in [2.45, 2.75) is 6.92 Å². The Morgan fingerprint density at radius 1 is 1.29 bits per heavy atom. The Hall–Kier alpha value is -3.79. The Labute approximate surface area is 183 Å². The number of methoxy groups -OCH3 is 1. The molecule has 0 N–H and O–H groups in total. The Morgan fingerprint density at radius 2 is 2.06 bits per heavy atom. The average molecular weight is 484 g/mol. The Morgan fingerprint density at radius 3 is 2.74 bits per heavy atom. The molecule has 0 saturated carbocycles. The number of esters is 1. The highest BCUT2D eigenvalue weighted by atomic mass is 79.9. The minimum atomic E-state index is -0.702. The van der Waals surface area contributed by atoms with Gasteiger partial charge < -0.3 is 9.47 Å². The van der Waals surface area contributed by atoms with Crippen molar-refractivity contribution in [3.63, 3.8) is 0 Å². The van der Waals surface area contributed by atoms with E-state index in [0.717, 1.165) is 9.86 Å². The summed E-state index contributed by atoms with van der Waals surface area (Å²) in [6.45, 7) is 1.44. The molecule has 1 aliphatic heterocycles. The summed E-state index contributed by atoms with van der Waals surface area (Å²) in [6.07, 6.45) is 3.13. The number of benzene rings is 2. The van der Waals surface area contributed by atoms with Crippen molar-refractivity contribution in [2.24, 2.45) is 4.99 Å². The van der Waals surface area contributed by atoms with E-state index in [-0.39, 0.29) is 34.5 Å². The molecule has 10 heteroatoms. The van der Waals surface area contributed by atoms with Crippen LogP contribution in [0.5, 0.6) is 5.75 Å². The zero-order valence-electron chi connectivity index (χ0n) is 16.3. The molecule has 0 fully saturated rings. The fourth-order valence-corrected chi connectivity index (χ4v) is 3.61. The third-order valence-corrected chi connectivity index (χ3v) is 5.17. The summed E-state index contributed by atoms with van der Waals surface area (Å²) in [6, 6.07) is 9.59. The van der Waals surface area contributed by atoms with Gasteiger partial charge in [-0.05, 0) is 36.4 Å². The predicted octanol–water partition coefficient (Wildman–Crippen LogP) is 4.33. The van der Waals surface area contributed by atoms with Gasteiger partial charge in [-0.15, -0.1) is 0 Å². The predicted molar refractivity (Wildman–Crippen MR) is 116 cm³/mol. The SMILES string of the molecule is COc1ccc(C2=NC(=Cc3cn(C(C)=O)c4ccc(Br)cc34)C(=O)O2)cc1[N+](=O)[O-]. The van der Waals surface area contributed by atoms with Crippen LogP contribution in [-0.2, 0) is 9.53 Å². The van der Waals surface area contributed by atoms with Crippen LogP contribution in [0.3, 0.4) is 0 Å². The van der Waals surface area contributed by atoms with E-state index >= 15 is 0 Å². The summed E-state index contributed by atoms with van der Waals surface area (Å²) >= 11 is 3.41. The van der Waals surface area contributed by atoms with Gasteiger partial charge >= 0.3 is 11.7 Å². The third-order valence-electron chi connectivity index (χ3n) is 4.67. The number of carbonyl (C=O) groups is 2. The van der Waals surface area contributed by atoms with E-state index in [1.165, 1.54) is 42.9 Å². The number of rotatable bonds is 4. The minimum Gasteiger partial charge on any atom is -0.490 e. The Bertz CT molecular complexity index is 1340. The zero-order chi connectivity index (χ0) is 22.3. The maximum absolute atomic E-state index is 12.4. The maximum Gasteiger partial charge on any atom is 0.363 e. The van der Waals surface area contributed by atoms with E-state index in [4.69, 9.17) is 9.47 Å². The van der Waals surface area contributed by atoms with Gasteiger partial charge in [-0.1, -0.05) is 15.9 Å². The average Bonchev–Trinajstić information content (AvgIpc) is 3.28. The second-order valence-corrected chi connectivity index (χ2v) is 7.53. The molecule has 1 aliphatic rings. The molecular formula is C21H14BrN3O6. The molecule has 9 nitrogen and oxygen atoms in total. The molecule has 31 heavy (non-hydrogen) atoms. The summed E-state index contributed by atoms with van der Waals surface area (Å²) in [4.78, 5) is 39.3. The van der Waals surface area contributed by atoms with Gasteiger partial charge in [-0.3, -0.25) is 19.5 Å². The van der Waals surface area contributed by atoms with Crippen LogP contribution in [0.2, 0.25) is 0 Å². The van der Waals surface area contributed by atoms with Crippen LogP contribution in [0.1, 0.15) is 22.8 Å². The molecular weight excluding hydrogens is 470 g/mol. The number of ether oxygens (including phenoxy) is 2. The van der Waals surface area contributed by atoms with Crippen molar-refractivity contribution in [1.29, 1.82) is 0 Å². The Balaban J connectivity index is 1.79. The quantitative estimate of drug-likeness (QED) is 0.236. The molecule has 0 spiro atoms. The first kappa shape index (κ1) is 20.5. The topological polar surface area (TPSA) is 113 Å². The van der Waals surface area contributed by atoms with Gasteiger partial charge in [0.1, 0.15) is 0 Å².